The Morgan fingerprint density at radius 2 is 1.72 bits per heavy atom. The molecule has 2 aromatic carbocycles. The van der Waals surface area contributed by atoms with Gasteiger partial charge in [0, 0.05) is 29.8 Å². The predicted octanol–water partition coefficient (Wildman–Crippen LogP) is 3.86. The van der Waals surface area contributed by atoms with Gasteiger partial charge >= 0.3 is 0 Å². The highest BCUT2D eigenvalue weighted by atomic mass is 35.5. The number of carbonyl (C=O) groups excluding carboxylic acids is 2. The molecule has 2 heterocycles. The van der Waals surface area contributed by atoms with E-state index in [9.17, 15) is 9.59 Å². The van der Waals surface area contributed by atoms with Crippen molar-refractivity contribution in [1.82, 2.24) is 5.32 Å². The normalized spacial score (nSPS) is 22.4. The minimum Gasteiger partial charge on any atom is -0.457 e. The topological polar surface area (TPSA) is 93.5 Å². The summed E-state index contributed by atoms with van der Waals surface area (Å²) in [5.41, 5.74) is 6.44. The zero-order chi connectivity index (χ0) is 19.5. The van der Waals surface area contributed by atoms with Crippen LogP contribution in [0.25, 0.3) is 0 Å². The molecule has 2 amide bonds. The summed E-state index contributed by atoms with van der Waals surface area (Å²) in [5.74, 6) is 1.20. The van der Waals surface area contributed by atoms with Gasteiger partial charge in [-0.15, -0.1) is 12.4 Å². The summed E-state index contributed by atoms with van der Waals surface area (Å²) in [6.07, 6.45) is 5.26. The van der Waals surface area contributed by atoms with Crippen LogP contribution in [0.3, 0.4) is 0 Å². The van der Waals surface area contributed by atoms with Gasteiger partial charge in [0.25, 0.3) is 0 Å². The lowest BCUT2D eigenvalue weighted by atomic mass is 9.89. The fourth-order valence-corrected chi connectivity index (χ4v) is 4.27. The summed E-state index contributed by atoms with van der Waals surface area (Å²) in [5, 5.41) is 6.59. The van der Waals surface area contributed by atoms with Crippen molar-refractivity contribution >= 4 is 29.9 Å². The number of benzene rings is 2. The van der Waals surface area contributed by atoms with E-state index in [0.717, 1.165) is 18.5 Å². The number of nitrogens with one attached hydrogen (secondary N) is 2. The Labute approximate surface area is 176 Å². The minimum absolute atomic E-state index is 0. The Balaban J connectivity index is 0.00000240. The Morgan fingerprint density at radius 3 is 2.38 bits per heavy atom. The van der Waals surface area contributed by atoms with E-state index in [2.05, 4.69) is 10.6 Å². The highest BCUT2D eigenvalue weighted by Crippen LogP contribution is 2.33. The molecule has 0 aromatic heterocycles. The van der Waals surface area contributed by atoms with Crippen molar-refractivity contribution in [2.75, 3.05) is 5.32 Å². The minimum atomic E-state index is -0.495. The van der Waals surface area contributed by atoms with E-state index >= 15 is 0 Å². The van der Waals surface area contributed by atoms with Gasteiger partial charge in [0.15, 0.2) is 0 Å². The van der Waals surface area contributed by atoms with E-state index in [1.54, 1.807) is 36.4 Å². The van der Waals surface area contributed by atoms with Crippen LogP contribution < -0.4 is 21.1 Å². The number of piperidine rings is 1. The molecule has 4 rings (SSSR count). The SMILES string of the molecule is Cl.NC(=O)c1cccc(Oc2ccc(NC(=O)CC3CC4CCC(C3)N4)cc2)c1. The van der Waals surface area contributed by atoms with Crippen LogP contribution in [0.4, 0.5) is 5.69 Å². The maximum Gasteiger partial charge on any atom is 0.248 e. The maximum absolute atomic E-state index is 12.4. The van der Waals surface area contributed by atoms with Gasteiger partial charge in [-0.2, -0.15) is 0 Å². The number of hydrogen-bond donors (Lipinski definition) is 3. The zero-order valence-electron chi connectivity index (χ0n) is 16.1. The third-order valence-electron chi connectivity index (χ3n) is 5.54. The largest absolute Gasteiger partial charge is 0.457 e. The second kappa shape index (κ2) is 9.29. The number of fused-ring (bicyclic) bond motifs is 2. The first-order chi connectivity index (χ1) is 13.5. The average Bonchev–Trinajstić information content (AvgIpc) is 3.02. The molecular weight excluding hydrogens is 390 g/mol. The third kappa shape index (κ3) is 5.49. The first-order valence-corrected chi connectivity index (χ1v) is 9.79. The molecular formula is C22H26ClN3O3. The number of nitrogens with two attached hydrogens (primary N) is 1. The summed E-state index contributed by atoms with van der Waals surface area (Å²) >= 11 is 0. The number of anilines is 1. The standard InChI is InChI=1S/C22H25N3O3.ClH/c23-22(27)15-2-1-3-20(13-15)28-19-8-6-16(7-9-19)25-21(26)12-14-10-17-4-5-18(11-14)24-17;/h1-3,6-9,13-14,17-18,24H,4-5,10-12H2,(H2,23,27)(H,25,26);1H. The van der Waals surface area contributed by atoms with Crippen LogP contribution in [0.1, 0.15) is 42.5 Å². The number of carbonyl (C=O) groups is 2. The van der Waals surface area contributed by atoms with Gasteiger partial charge in [-0.1, -0.05) is 6.07 Å². The molecule has 2 aliphatic rings. The lowest BCUT2D eigenvalue weighted by molar-refractivity contribution is -0.117. The molecule has 0 spiro atoms. The molecule has 29 heavy (non-hydrogen) atoms. The highest BCUT2D eigenvalue weighted by Gasteiger charge is 2.34. The fourth-order valence-electron chi connectivity index (χ4n) is 4.27. The van der Waals surface area contributed by atoms with Crippen LogP contribution in [0.2, 0.25) is 0 Å². The van der Waals surface area contributed by atoms with Gasteiger partial charge in [0.05, 0.1) is 0 Å². The van der Waals surface area contributed by atoms with E-state index < -0.39 is 5.91 Å². The molecule has 2 aliphatic heterocycles. The van der Waals surface area contributed by atoms with Gasteiger partial charge in [-0.3, -0.25) is 9.59 Å². The molecule has 2 bridgehead atoms. The quantitative estimate of drug-likeness (QED) is 0.667. The molecule has 0 saturated carbocycles. The second-order valence-electron chi connectivity index (χ2n) is 7.75. The van der Waals surface area contributed by atoms with Crippen LogP contribution >= 0.6 is 12.4 Å². The number of halogens is 1. The van der Waals surface area contributed by atoms with Gasteiger partial charge in [0.1, 0.15) is 11.5 Å². The smallest absolute Gasteiger partial charge is 0.248 e. The Hall–Kier alpha value is -2.57. The number of rotatable bonds is 6. The lowest BCUT2D eigenvalue weighted by Crippen LogP contribution is -2.39. The zero-order valence-corrected chi connectivity index (χ0v) is 16.9. The van der Waals surface area contributed by atoms with Crippen LogP contribution in [0.5, 0.6) is 11.5 Å². The van der Waals surface area contributed by atoms with E-state index in [0.29, 0.717) is 41.5 Å². The monoisotopic (exact) mass is 415 g/mol. The van der Waals surface area contributed by atoms with E-state index in [-0.39, 0.29) is 18.3 Å². The number of hydrogen-bond acceptors (Lipinski definition) is 4. The fraction of sp³-hybridized carbons (Fsp3) is 0.364. The van der Waals surface area contributed by atoms with Gasteiger partial charge < -0.3 is 21.1 Å². The maximum atomic E-state index is 12.4. The van der Waals surface area contributed by atoms with Gasteiger partial charge in [-0.05, 0) is 74.1 Å². The highest BCUT2D eigenvalue weighted by molar-refractivity contribution is 5.93. The summed E-state index contributed by atoms with van der Waals surface area (Å²) < 4.78 is 5.75. The summed E-state index contributed by atoms with van der Waals surface area (Å²) in [4.78, 5) is 23.6. The summed E-state index contributed by atoms with van der Waals surface area (Å²) in [6, 6.07) is 15.1. The van der Waals surface area contributed by atoms with Crippen molar-refractivity contribution in [2.24, 2.45) is 11.7 Å². The molecule has 7 heteroatoms. The Morgan fingerprint density at radius 1 is 1.03 bits per heavy atom. The first kappa shape index (κ1) is 21.1. The first-order valence-electron chi connectivity index (χ1n) is 9.79. The van der Waals surface area contributed by atoms with Gasteiger partial charge in [0.2, 0.25) is 11.8 Å². The van der Waals surface area contributed by atoms with Crippen molar-refractivity contribution in [2.45, 2.75) is 44.2 Å². The molecule has 2 atom stereocenters. The summed E-state index contributed by atoms with van der Waals surface area (Å²) in [6.45, 7) is 0. The number of ether oxygens (including phenoxy) is 1. The van der Waals surface area contributed by atoms with Gasteiger partial charge in [-0.25, -0.2) is 0 Å². The van der Waals surface area contributed by atoms with Crippen LogP contribution in [0.15, 0.2) is 48.5 Å². The molecule has 0 radical (unpaired) electrons. The second-order valence-corrected chi connectivity index (χ2v) is 7.75. The molecule has 2 unspecified atom stereocenters. The molecule has 0 aliphatic carbocycles. The third-order valence-corrected chi connectivity index (χ3v) is 5.54. The van der Waals surface area contributed by atoms with E-state index in [1.165, 1.54) is 12.8 Å². The van der Waals surface area contributed by atoms with Crippen molar-refractivity contribution in [3.05, 3.63) is 54.1 Å². The van der Waals surface area contributed by atoms with Crippen molar-refractivity contribution < 1.29 is 14.3 Å². The number of amides is 2. The van der Waals surface area contributed by atoms with E-state index in [4.69, 9.17) is 10.5 Å². The molecule has 6 nitrogen and oxygen atoms in total. The molecule has 2 aromatic rings. The van der Waals surface area contributed by atoms with Crippen LogP contribution in [-0.2, 0) is 4.79 Å². The van der Waals surface area contributed by atoms with Crippen molar-refractivity contribution in [1.29, 1.82) is 0 Å². The number of primary amides is 1. The lowest BCUT2D eigenvalue weighted by Gasteiger charge is -2.28. The van der Waals surface area contributed by atoms with Crippen LogP contribution in [-0.4, -0.2) is 23.9 Å². The molecule has 2 saturated heterocycles. The van der Waals surface area contributed by atoms with E-state index in [1.807, 2.05) is 12.1 Å². The Bertz CT molecular complexity index is 860. The predicted molar refractivity (Wildman–Crippen MR) is 115 cm³/mol. The molecule has 154 valence electrons. The average molecular weight is 416 g/mol. The summed E-state index contributed by atoms with van der Waals surface area (Å²) in [7, 11) is 0. The molecule has 4 N–H and O–H groups in total. The van der Waals surface area contributed by atoms with Crippen molar-refractivity contribution in [3.8, 4) is 11.5 Å². The van der Waals surface area contributed by atoms with Crippen LogP contribution in [0, 0.1) is 5.92 Å². The van der Waals surface area contributed by atoms with Crippen molar-refractivity contribution in [3.63, 3.8) is 0 Å². The molecule has 2 fully saturated rings. The Kier molecular flexibility index (Phi) is 6.77.